The molecule has 19 heavy (non-hydrogen) atoms. The molecule has 1 atom stereocenters. The van der Waals surface area contributed by atoms with Gasteiger partial charge in [0.1, 0.15) is 5.60 Å². The molecule has 0 bridgehead atoms. The number of aliphatic hydroxyl groups excluding tert-OH is 1. The summed E-state index contributed by atoms with van der Waals surface area (Å²) in [4.78, 5) is 4.38. The third-order valence-electron chi connectivity index (χ3n) is 3.70. The number of nitrogens with zero attached hydrogens (tertiary/aromatic N) is 2. The maximum Gasteiger partial charge on any atom is 0.229 e. The lowest BCUT2D eigenvalue weighted by Crippen LogP contribution is -2.32. The summed E-state index contributed by atoms with van der Waals surface area (Å²) in [5.41, 5.74) is -0.411. The lowest BCUT2D eigenvalue weighted by molar-refractivity contribution is -0.0527. The third-order valence-corrected chi connectivity index (χ3v) is 3.70. The van der Waals surface area contributed by atoms with E-state index in [0.29, 0.717) is 18.1 Å². The summed E-state index contributed by atoms with van der Waals surface area (Å²) in [6.45, 7) is 0.257. The van der Waals surface area contributed by atoms with E-state index in [1.807, 2.05) is 0 Å². The number of aliphatic hydroxyl groups is 1. The van der Waals surface area contributed by atoms with E-state index in [4.69, 9.17) is 14.0 Å². The van der Waals surface area contributed by atoms with Crippen molar-refractivity contribution in [2.24, 2.45) is 0 Å². The molecule has 1 aliphatic rings. The van der Waals surface area contributed by atoms with E-state index in [1.54, 1.807) is 14.2 Å². The first-order chi connectivity index (χ1) is 9.20. The second-order valence-electron chi connectivity index (χ2n) is 5.08. The number of rotatable bonds is 6. The van der Waals surface area contributed by atoms with Gasteiger partial charge in [-0.2, -0.15) is 4.98 Å². The quantitative estimate of drug-likeness (QED) is 0.842. The van der Waals surface area contributed by atoms with Crippen molar-refractivity contribution in [1.82, 2.24) is 10.1 Å². The lowest BCUT2D eigenvalue weighted by atomic mass is 9.84. The van der Waals surface area contributed by atoms with Crippen molar-refractivity contribution in [3.05, 3.63) is 11.7 Å². The van der Waals surface area contributed by atoms with Crippen LogP contribution in [0.25, 0.3) is 0 Å². The van der Waals surface area contributed by atoms with Gasteiger partial charge in [-0.25, -0.2) is 0 Å². The highest BCUT2D eigenvalue weighted by Crippen LogP contribution is 2.38. The van der Waals surface area contributed by atoms with Crippen molar-refractivity contribution in [2.75, 3.05) is 20.8 Å². The molecule has 0 amide bonds. The van der Waals surface area contributed by atoms with Gasteiger partial charge in [-0.3, -0.25) is 0 Å². The van der Waals surface area contributed by atoms with Crippen molar-refractivity contribution < 1.29 is 19.1 Å². The molecule has 1 aliphatic carbocycles. The number of hydrogen-bond donors (Lipinski definition) is 1. The second-order valence-corrected chi connectivity index (χ2v) is 5.08. The summed E-state index contributed by atoms with van der Waals surface area (Å²) in [5.74, 6) is 1.04. The van der Waals surface area contributed by atoms with Gasteiger partial charge in [0.05, 0.1) is 19.1 Å². The zero-order valence-electron chi connectivity index (χ0n) is 11.6. The predicted octanol–water partition coefficient (Wildman–Crippen LogP) is 1.43. The number of methoxy groups -OCH3 is 2. The van der Waals surface area contributed by atoms with E-state index >= 15 is 0 Å². The Morgan fingerprint density at radius 3 is 2.68 bits per heavy atom. The number of ether oxygens (including phenoxy) is 2. The zero-order chi connectivity index (χ0) is 13.7. The van der Waals surface area contributed by atoms with Gasteiger partial charge in [-0.1, -0.05) is 24.4 Å². The molecular weight excluding hydrogens is 248 g/mol. The van der Waals surface area contributed by atoms with Crippen LogP contribution in [0, 0.1) is 0 Å². The molecule has 2 rings (SSSR count). The highest BCUT2D eigenvalue weighted by molar-refractivity contribution is 5.03. The van der Waals surface area contributed by atoms with Crippen LogP contribution >= 0.6 is 0 Å². The Hall–Kier alpha value is -0.980. The van der Waals surface area contributed by atoms with Gasteiger partial charge in [0, 0.05) is 14.2 Å². The Bertz CT molecular complexity index is 388. The molecule has 0 aliphatic heterocycles. The van der Waals surface area contributed by atoms with Crippen LogP contribution in [-0.2, 0) is 21.5 Å². The molecule has 1 unspecified atom stereocenters. The molecule has 1 aromatic rings. The Kier molecular flexibility index (Phi) is 4.90. The largest absolute Gasteiger partial charge is 0.390 e. The predicted molar refractivity (Wildman–Crippen MR) is 67.7 cm³/mol. The fraction of sp³-hybridized carbons (Fsp3) is 0.846. The summed E-state index contributed by atoms with van der Waals surface area (Å²) < 4.78 is 15.7. The summed E-state index contributed by atoms with van der Waals surface area (Å²) in [6.07, 6.45) is 4.98. The first-order valence-electron chi connectivity index (χ1n) is 6.75. The highest BCUT2D eigenvalue weighted by Gasteiger charge is 2.38. The molecule has 1 heterocycles. The molecule has 6 nitrogen and oxygen atoms in total. The molecule has 6 heteroatoms. The van der Waals surface area contributed by atoms with Crippen LogP contribution in [0.1, 0.15) is 43.8 Å². The van der Waals surface area contributed by atoms with Gasteiger partial charge in [0.25, 0.3) is 0 Å². The fourth-order valence-electron chi connectivity index (χ4n) is 2.62. The van der Waals surface area contributed by atoms with Gasteiger partial charge in [0.15, 0.2) is 0 Å². The van der Waals surface area contributed by atoms with Crippen LogP contribution in [0.15, 0.2) is 4.52 Å². The van der Waals surface area contributed by atoms with Gasteiger partial charge in [0.2, 0.25) is 11.7 Å². The van der Waals surface area contributed by atoms with Crippen molar-refractivity contribution >= 4 is 0 Å². The molecule has 0 spiro atoms. The van der Waals surface area contributed by atoms with E-state index in [2.05, 4.69) is 10.1 Å². The van der Waals surface area contributed by atoms with Crippen LogP contribution in [0.2, 0.25) is 0 Å². The molecule has 0 radical (unpaired) electrons. The number of hydrogen-bond acceptors (Lipinski definition) is 6. The van der Waals surface area contributed by atoms with Crippen LogP contribution in [0.3, 0.4) is 0 Å². The van der Waals surface area contributed by atoms with Crippen LogP contribution in [0.5, 0.6) is 0 Å². The van der Waals surface area contributed by atoms with Crippen LogP contribution in [0.4, 0.5) is 0 Å². The van der Waals surface area contributed by atoms with Crippen LogP contribution < -0.4 is 0 Å². The average Bonchev–Trinajstić information content (AvgIpc) is 2.89. The van der Waals surface area contributed by atoms with Crippen molar-refractivity contribution in [3.63, 3.8) is 0 Å². The Labute approximate surface area is 113 Å². The minimum atomic E-state index is -0.622. The summed E-state index contributed by atoms with van der Waals surface area (Å²) in [7, 11) is 3.24. The van der Waals surface area contributed by atoms with E-state index in [0.717, 1.165) is 25.7 Å². The van der Waals surface area contributed by atoms with Crippen LogP contribution in [-0.4, -0.2) is 42.2 Å². The maximum atomic E-state index is 9.66. The minimum absolute atomic E-state index is 0.257. The molecular formula is C13H22N2O4. The summed E-state index contributed by atoms with van der Waals surface area (Å²) in [5, 5.41) is 13.7. The molecule has 1 fully saturated rings. The second kappa shape index (κ2) is 6.45. The third kappa shape index (κ3) is 3.32. The van der Waals surface area contributed by atoms with Crippen molar-refractivity contribution in [2.45, 2.75) is 50.2 Å². The first kappa shape index (κ1) is 14.4. The van der Waals surface area contributed by atoms with Gasteiger partial charge >= 0.3 is 0 Å². The topological polar surface area (TPSA) is 77.6 Å². The molecule has 1 saturated carbocycles. The summed E-state index contributed by atoms with van der Waals surface area (Å²) in [6, 6.07) is 0. The fourth-order valence-corrected chi connectivity index (χ4v) is 2.62. The van der Waals surface area contributed by atoms with E-state index in [1.165, 1.54) is 6.42 Å². The minimum Gasteiger partial charge on any atom is -0.390 e. The average molecular weight is 270 g/mol. The SMILES string of the molecule is COCC(O)Cc1nc(C2(OC)CCCCC2)no1. The molecule has 108 valence electrons. The Balaban J connectivity index is 2.06. The Morgan fingerprint density at radius 2 is 2.05 bits per heavy atom. The molecule has 1 aromatic heterocycles. The Morgan fingerprint density at radius 1 is 1.32 bits per heavy atom. The normalized spacial score (nSPS) is 20.4. The standard InChI is InChI=1S/C13H22N2O4/c1-17-9-10(16)8-11-14-12(15-19-11)13(18-2)6-4-3-5-7-13/h10,16H,3-9H2,1-2H3. The molecule has 1 N–H and O–H groups in total. The lowest BCUT2D eigenvalue weighted by Gasteiger charge is -2.32. The van der Waals surface area contributed by atoms with E-state index < -0.39 is 11.7 Å². The van der Waals surface area contributed by atoms with Gasteiger partial charge < -0.3 is 19.1 Å². The summed E-state index contributed by atoms with van der Waals surface area (Å²) >= 11 is 0. The monoisotopic (exact) mass is 270 g/mol. The van der Waals surface area contributed by atoms with E-state index in [-0.39, 0.29) is 6.61 Å². The smallest absolute Gasteiger partial charge is 0.229 e. The van der Waals surface area contributed by atoms with E-state index in [9.17, 15) is 5.11 Å². The highest BCUT2D eigenvalue weighted by atomic mass is 16.5. The van der Waals surface area contributed by atoms with Crippen molar-refractivity contribution in [1.29, 1.82) is 0 Å². The first-order valence-corrected chi connectivity index (χ1v) is 6.75. The number of aromatic nitrogens is 2. The maximum absolute atomic E-state index is 9.66. The van der Waals surface area contributed by atoms with Crippen molar-refractivity contribution in [3.8, 4) is 0 Å². The van der Waals surface area contributed by atoms with Gasteiger partial charge in [-0.05, 0) is 12.8 Å². The molecule has 0 saturated heterocycles. The molecule has 0 aromatic carbocycles. The zero-order valence-corrected chi connectivity index (χ0v) is 11.6. The van der Waals surface area contributed by atoms with Gasteiger partial charge in [-0.15, -0.1) is 0 Å².